The van der Waals surface area contributed by atoms with Gasteiger partial charge in [-0.1, -0.05) is 15.9 Å². The molecule has 0 aliphatic rings. The topological polar surface area (TPSA) is 44.0 Å². The molecule has 0 radical (unpaired) electrons. The van der Waals surface area contributed by atoms with E-state index in [1.54, 1.807) is 4.57 Å². The van der Waals surface area contributed by atoms with Gasteiger partial charge < -0.3 is 9.90 Å². The molecule has 0 fully saturated rings. The Hall–Kier alpha value is -0.900. The summed E-state index contributed by atoms with van der Waals surface area (Å²) in [6.45, 7) is 2.36. The van der Waals surface area contributed by atoms with Crippen LogP contribution in [-0.4, -0.2) is 10.8 Å². The van der Waals surface area contributed by atoms with Gasteiger partial charge in [0.2, 0.25) is 0 Å². The molecule has 0 aromatic carbocycles. The van der Waals surface area contributed by atoms with E-state index in [4.69, 9.17) is 0 Å². The average molecular weight is 244 g/mol. The molecule has 70 valence electrons. The third-order valence-electron chi connectivity index (χ3n) is 1.68. The lowest BCUT2D eigenvalue weighted by Crippen LogP contribution is -2.44. The van der Waals surface area contributed by atoms with Crippen molar-refractivity contribution in [1.29, 1.82) is 0 Å². The summed E-state index contributed by atoms with van der Waals surface area (Å²) >= 11 is 3.01. The smallest absolute Gasteiger partial charge is 0.169 e. The van der Waals surface area contributed by atoms with Crippen LogP contribution in [0.1, 0.15) is 5.56 Å². The summed E-state index contributed by atoms with van der Waals surface area (Å²) in [7, 11) is 0. The van der Waals surface area contributed by atoms with E-state index in [1.165, 1.54) is 0 Å². The maximum absolute atomic E-state index is 10.4. The highest BCUT2D eigenvalue weighted by Gasteiger charge is 2.10. The number of hydrogen-bond acceptors (Lipinski definition) is 2. The molecule has 1 aromatic heterocycles. The van der Waals surface area contributed by atoms with E-state index in [9.17, 15) is 9.90 Å². The first-order valence-electron chi connectivity index (χ1n) is 3.90. The summed E-state index contributed by atoms with van der Waals surface area (Å²) < 4.78 is 1.79. The number of carboxylic acids is 1. The molecule has 3 nitrogen and oxygen atoms in total. The molecule has 1 atom stereocenters. The maximum atomic E-state index is 10.4. The molecule has 0 bridgehead atoms. The first kappa shape index (κ1) is 10.2. The lowest BCUT2D eigenvalue weighted by molar-refractivity contribution is -0.695. The molecule has 0 amide bonds. The Morgan fingerprint density at radius 1 is 1.62 bits per heavy atom. The molecule has 1 unspecified atom stereocenters. The van der Waals surface area contributed by atoms with Gasteiger partial charge in [0, 0.05) is 12.1 Å². The van der Waals surface area contributed by atoms with Gasteiger partial charge in [-0.25, -0.2) is 4.57 Å². The van der Waals surface area contributed by atoms with Crippen molar-refractivity contribution >= 4 is 21.9 Å². The number of aliphatic carboxylic acids is 1. The second-order valence-electron chi connectivity index (χ2n) is 2.86. The Labute approximate surface area is 85.1 Å². The lowest BCUT2D eigenvalue weighted by atomic mass is 10.3. The summed E-state index contributed by atoms with van der Waals surface area (Å²) in [4.78, 5) is 9.76. The number of pyridine rings is 1. The fraction of sp³-hybridized carbons (Fsp3) is 0.333. The van der Waals surface area contributed by atoms with E-state index >= 15 is 0 Å². The van der Waals surface area contributed by atoms with E-state index in [0.717, 1.165) is 5.56 Å². The Kier molecular flexibility index (Phi) is 3.42. The van der Waals surface area contributed by atoms with Crippen LogP contribution in [0.5, 0.6) is 0 Å². The van der Waals surface area contributed by atoms with Crippen LogP contribution < -0.4 is 9.67 Å². The molecule has 13 heavy (non-hydrogen) atoms. The van der Waals surface area contributed by atoms with Crippen molar-refractivity contribution in [3.63, 3.8) is 0 Å². The van der Waals surface area contributed by atoms with Crippen LogP contribution >= 0.6 is 15.9 Å². The van der Waals surface area contributed by atoms with E-state index in [1.807, 2.05) is 31.5 Å². The van der Waals surface area contributed by atoms with Crippen LogP contribution in [0.15, 0.2) is 24.5 Å². The van der Waals surface area contributed by atoms with Crippen molar-refractivity contribution in [3.05, 3.63) is 30.1 Å². The minimum Gasteiger partial charge on any atom is -0.549 e. The Balaban J connectivity index is 2.64. The monoisotopic (exact) mass is 243 g/mol. The van der Waals surface area contributed by atoms with Gasteiger partial charge in [-0.15, -0.1) is 0 Å². The van der Waals surface area contributed by atoms with E-state index in [0.29, 0.717) is 6.54 Å². The number of aryl methyl sites for hydroxylation is 1. The molecule has 1 aromatic rings. The molecule has 0 aliphatic heterocycles. The largest absolute Gasteiger partial charge is 0.549 e. The standard InChI is InChI=1S/C9H10BrNO2/c1-7-2-4-11(5-3-7)6-8(10)9(12)13/h2-5,8H,6H2,1H3. The Bertz CT molecular complexity index is 297. The van der Waals surface area contributed by atoms with Crippen molar-refractivity contribution in [1.82, 2.24) is 0 Å². The fourth-order valence-corrected chi connectivity index (χ4v) is 1.25. The van der Waals surface area contributed by atoms with Crippen LogP contribution in [0.2, 0.25) is 0 Å². The molecular formula is C9H10BrNO2. The number of nitrogens with zero attached hydrogens (tertiary/aromatic N) is 1. The van der Waals surface area contributed by atoms with Crippen molar-refractivity contribution in [2.24, 2.45) is 0 Å². The molecule has 0 N–H and O–H groups in total. The second kappa shape index (κ2) is 4.37. The first-order chi connectivity index (χ1) is 6.09. The molecule has 0 aliphatic carbocycles. The van der Waals surface area contributed by atoms with Crippen LogP contribution in [0.25, 0.3) is 0 Å². The van der Waals surface area contributed by atoms with Gasteiger partial charge in [0.15, 0.2) is 18.9 Å². The maximum Gasteiger partial charge on any atom is 0.169 e. The van der Waals surface area contributed by atoms with Crippen LogP contribution in [-0.2, 0) is 11.3 Å². The lowest BCUT2D eigenvalue weighted by Gasteiger charge is -2.06. The normalized spacial score (nSPS) is 12.5. The van der Waals surface area contributed by atoms with Crippen LogP contribution in [0.3, 0.4) is 0 Å². The molecule has 4 heteroatoms. The third-order valence-corrected chi connectivity index (χ3v) is 2.35. The third kappa shape index (κ3) is 3.14. The number of carbonyl (C=O) groups is 1. The molecule has 0 spiro atoms. The fourth-order valence-electron chi connectivity index (χ4n) is 0.913. The highest BCUT2D eigenvalue weighted by molar-refractivity contribution is 9.10. The van der Waals surface area contributed by atoms with Gasteiger partial charge in [-0.2, -0.15) is 0 Å². The molecule has 1 heterocycles. The number of carbonyl (C=O) groups excluding carboxylic acids is 1. The van der Waals surface area contributed by atoms with Gasteiger partial charge >= 0.3 is 0 Å². The number of hydrogen-bond donors (Lipinski definition) is 0. The predicted octanol–water partition coefficient (Wildman–Crippen LogP) is -0.204. The molecule has 0 saturated heterocycles. The minimum atomic E-state index is -1.09. The first-order valence-corrected chi connectivity index (χ1v) is 4.82. The number of alkyl halides is 1. The highest BCUT2D eigenvalue weighted by atomic mass is 79.9. The van der Waals surface area contributed by atoms with Crippen molar-refractivity contribution < 1.29 is 14.5 Å². The number of halogens is 1. The van der Waals surface area contributed by atoms with Crippen molar-refractivity contribution in [2.45, 2.75) is 18.3 Å². The quantitative estimate of drug-likeness (QED) is 0.545. The van der Waals surface area contributed by atoms with Gasteiger partial charge in [0.1, 0.15) is 4.83 Å². The summed E-state index contributed by atoms with van der Waals surface area (Å²) in [6, 6.07) is 3.85. The van der Waals surface area contributed by atoms with Crippen molar-refractivity contribution in [3.8, 4) is 0 Å². The molecule has 1 rings (SSSR count). The zero-order valence-corrected chi connectivity index (χ0v) is 8.82. The zero-order valence-electron chi connectivity index (χ0n) is 7.24. The van der Waals surface area contributed by atoms with E-state index < -0.39 is 10.8 Å². The predicted molar refractivity (Wildman–Crippen MR) is 49.1 cm³/mol. The van der Waals surface area contributed by atoms with Crippen molar-refractivity contribution in [2.75, 3.05) is 0 Å². The second-order valence-corrected chi connectivity index (χ2v) is 3.96. The number of rotatable bonds is 3. The van der Waals surface area contributed by atoms with E-state index in [-0.39, 0.29) is 0 Å². The minimum absolute atomic E-state index is 0.378. The van der Waals surface area contributed by atoms with Gasteiger partial charge in [0.05, 0.1) is 5.97 Å². The summed E-state index contributed by atoms with van der Waals surface area (Å²) in [5.41, 5.74) is 1.15. The number of aromatic nitrogens is 1. The Morgan fingerprint density at radius 3 is 2.62 bits per heavy atom. The van der Waals surface area contributed by atoms with Crippen LogP contribution in [0.4, 0.5) is 0 Å². The van der Waals surface area contributed by atoms with Gasteiger partial charge in [0.25, 0.3) is 0 Å². The average Bonchev–Trinajstić information content (AvgIpc) is 2.08. The Morgan fingerprint density at radius 2 is 2.15 bits per heavy atom. The number of carboxylic acid groups (broad SMARTS) is 1. The highest BCUT2D eigenvalue weighted by Crippen LogP contribution is 1.98. The van der Waals surface area contributed by atoms with Gasteiger partial charge in [-0.3, -0.25) is 0 Å². The summed E-state index contributed by atoms with van der Waals surface area (Å²) in [5.74, 6) is -1.09. The molecule has 0 saturated carbocycles. The summed E-state index contributed by atoms with van der Waals surface area (Å²) in [6.07, 6.45) is 3.68. The summed E-state index contributed by atoms with van der Waals surface area (Å²) in [5, 5.41) is 10.4. The zero-order chi connectivity index (χ0) is 9.84. The van der Waals surface area contributed by atoms with Crippen LogP contribution in [0, 0.1) is 6.92 Å². The molecular weight excluding hydrogens is 234 g/mol. The SMILES string of the molecule is Cc1cc[n+](CC(Br)C(=O)[O-])cc1. The van der Waals surface area contributed by atoms with E-state index in [2.05, 4.69) is 15.9 Å². The van der Waals surface area contributed by atoms with Gasteiger partial charge in [-0.05, 0) is 12.5 Å².